The standard InChI is InChI=1S/C28H30FIN6.CH4/c1-17-28(9-3-4-10-28)21-13-20(14-23(30)26(21)33-17)25-22(29)16-32-27(35-25)34-24-6-5-19(15-31-24)18-7-11-36(2)12-8-18;/h5-6,13-16,18H,3-4,7-12H2,1-2H3,(H,31,32,34,35);1H4. The molecule has 6 nitrogen and oxygen atoms in total. The highest BCUT2D eigenvalue weighted by atomic mass is 127. The molecule has 2 aliphatic heterocycles. The largest absolute Gasteiger partial charge is 0.309 e. The fraction of sp³-hybridized carbons (Fsp3) is 0.448. The van der Waals surface area contributed by atoms with Gasteiger partial charge in [-0.05, 0) is 111 Å². The molecule has 194 valence electrons. The minimum Gasteiger partial charge on any atom is -0.309 e. The fourth-order valence-corrected chi connectivity index (χ4v) is 6.85. The van der Waals surface area contributed by atoms with Crippen LogP contribution in [0.4, 0.5) is 21.8 Å². The van der Waals surface area contributed by atoms with Crippen molar-refractivity contribution in [1.29, 1.82) is 0 Å². The highest BCUT2D eigenvalue weighted by Gasteiger charge is 2.44. The molecule has 1 saturated heterocycles. The van der Waals surface area contributed by atoms with Crippen LogP contribution in [0.3, 0.4) is 0 Å². The van der Waals surface area contributed by atoms with Crippen molar-refractivity contribution >= 4 is 45.8 Å². The number of anilines is 2. The van der Waals surface area contributed by atoms with Crippen LogP contribution in [-0.2, 0) is 5.41 Å². The first-order valence-corrected chi connectivity index (χ1v) is 13.8. The number of nitrogens with zero attached hydrogens (tertiary/aromatic N) is 5. The third kappa shape index (κ3) is 4.78. The second-order valence-corrected chi connectivity index (χ2v) is 11.6. The van der Waals surface area contributed by atoms with E-state index in [4.69, 9.17) is 4.99 Å². The zero-order valence-electron chi connectivity index (χ0n) is 20.7. The van der Waals surface area contributed by atoms with E-state index in [1.165, 1.54) is 35.9 Å². The second-order valence-electron chi connectivity index (χ2n) is 10.4. The highest BCUT2D eigenvalue weighted by Crippen LogP contribution is 2.52. The summed E-state index contributed by atoms with van der Waals surface area (Å²) in [7, 11) is 2.17. The Morgan fingerprint density at radius 2 is 1.84 bits per heavy atom. The van der Waals surface area contributed by atoms with Gasteiger partial charge in [0.2, 0.25) is 5.95 Å². The molecule has 1 saturated carbocycles. The molecule has 0 unspecified atom stereocenters. The number of pyridine rings is 1. The number of benzene rings is 1. The number of nitrogens with one attached hydrogen (secondary N) is 1. The van der Waals surface area contributed by atoms with Crippen LogP contribution in [0.2, 0.25) is 0 Å². The lowest BCUT2D eigenvalue weighted by molar-refractivity contribution is 0.255. The van der Waals surface area contributed by atoms with Gasteiger partial charge in [-0.1, -0.05) is 26.3 Å². The Morgan fingerprint density at radius 3 is 2.54 bits per heavy atom. The minimum atomic E-state index is -0.432. The minimum absolute atomic E-state index is 0. The average molecular weight is 613 g/mol. The van der Waals surface area contributed by atoms with Gasteiger partial charge in [-0.2, -0.15) is 0 Å². The molecule has 2 aromatic heterocycles. The van der Waals surface area contributed by atoms with E-state index in [-0.39, 0.29) is 12.8 Å². The van der Waals surface area contributed by atoms with E-state index in [9.17, 15) is 0 Å². The van der Waals surface area contributed by atoms with Crippen molar-refractivity contribution in [2.45, 2.75) is 64.2 Å². The molecule has 1 N–H and O–H groups in total. The van der Waals surface area contributed by atoms with Crippen molar-refractivity contribution in [3.05, 3.63) is 57.2 Å². The molecule has 0 atom stereocenters. The van der Waals surface area contributed by atoms with Gasteiger partial charge in [0.05, 0.1) is 11.9 Å². The maximum atomic E-state index is 15.0. The van der Waals surface area contributed by atoms with Crippen molar-refractivity contribution in [2.24, 2.45) is 4.99 Å². The highest BCUT2D eigenvalue weighted by molar-refractivity contribution is 14.1. The molecular formula is C29H34FIN6. The van der Waals surface area contributed by atoms with Crippen LogP contribution in [0.25, 0.3) is 11.3 Å². The van der Waals surface area contributed by atoms with Gasteiger partial charge in [0.15, 0.2) is 5.82 Å². The topological polar surface area (TPSA) is 66.3 Å². The van der Waals surface area contributed by atoms with Gasteiger partial charge in [-0.25, -0.2) is 19.3 Å². The molecule has 37 heavy (non-hydrogen) atoms. The summed E-state index contributed by atoms with van der Waals surface area (Å²) < 4.78 is 16.0. The maximum absolute atomic E-state index is 15.0. The number of halogens is 2. The number of likely N-dealkylation sites (tertiary alicyclic amines) is 1. The molecule has 4 heterocycles. The van der Waals surface area contributed by atoms with Crippen molar-refractivity contribution in [1.82, 2.24) is 19.9 Å². The number of hydrogen-bond donors (Lipinski definition) is 1. The molecule has 3 aliphatic rings. The fourth-order valence-electron chi connectivity index (χ4n) is 6.10. The van der Waals surface area contributed by atoms with Crippen LogP contribution < -0.4 is 5.32 Å². The van der Waals surface area contributed by atoms with Crippen LogP contribution in [0.15, 0.2) is 41.7 Å². The molecule has 2 fully saturated rings. The van der Waals surface area contributed by atoms with Crippen molar-refractivity contribution in [2.75, 3.05) is 25.5 Å². The van der Waals surface area contributed by atoms with Crippen LogP contribution in [0.5, 0.6) is 0 Å². The van der Waals surface area contributed by atoms with E-state index in [1.54, 1.807) is 0 Å². The number of hydrogen-bond acceptors (Lipinski definition) is 6. The Balaban J connectivity index is 0.00000280. The third-order valence-electron chi connectivity index (χ3n) is 8.24. The van der Waals surface area contributed by atoms with E-state index in [2.05, 4.69) is 73.9 Å². The summed E-state index contributed by atoms with van der Waals surface area (Å²) in [6, 6.07) is 8.17. The first kappa shape index (κ1) is 26.2. The van der Waals surface area contributed by atoms with Crippen molar-refractivity contribution in [3.8, 4) is 11.3 Å². The Bertz CT molecular complexity index is 1320. The lowest BCUT2D eigenvalue weighted by Gasteiger charge is -2.29. The average Bonchev–Trinajstić information content (AvgIpc) is 3.48. The number of fused-ring (bicyclic) bond motifs is 2. The smallest absolute Gasteiger partial charge is 0.229 e. The van der Waals surface area contributed by atoms with Gasteiger partial charge in [0.25, 0.3) is 0 Å². The SMILES string of the molecule is C.CC1=Nc2c(I)cc(-c3nc(Nc4ccc(C5CCN(C)CC5)cn4)ncc3F)cc2C12CCCC2. The lowest BCUT2D eigenvalue weighted by atomic mass is 9.76. The van der Waals surface area contributed by atoms with Crippen molar-refractivity contribution in [3.63, 3.8) is 0 Å². The lowest BCUT2D eigenvalue weighted by Crippen LogP contribution is -2.29. The van der Waals surface area contributed by atoms with Gasteiger partial charge in [0, 0.05) is 26.5 Å². The van der Waals surface area contributed by atoms with E-state index in [1.807, 2.05) is 18.3 Å². The van der Waals surface area contributed by atoms with Gasteiger partial charge in [0.1, 0.15) is 11.5 Å². The van der Waals surface area contributed by atoms with Crippen LogP contribution in [0.1, 0.15) is 69.9 Å². The first-order chi connectivity index (χ1) is 17.4. The first-order valence-electron chi connectivity index (χ1n) is 12.8. The third-order valence-corrected chi connectivity index (χ3v) is 9.06. The summed E-state index contributed by atoms with van der Waals surface area (Å²) in [5.41, 5.74) is 5.77. The monoisotopic (exact) mass is 612 g/mol. The number of piperidine rings is 1. The molecule has 3 aromatic rings. The van der Waals surface area contributed by atoms with Gasteiger partial charge < -0.3 is 10.2 Å². The number of aliphatic imine (C=N–C) groups is 1. The van der Waals surface area contributed by atoms with Gasteiger partial charge in [-0.15, -0.1) is 0 Å². The van der Waals surface area contributed by atoms with Crippen molar-refractivity contribution < 1.29 is 4.39 Å². The molecule has 1 spiro atoms. The molecule has 0 amide bonds. The van der Waals surface area contributed by atoms with Crippen LogP contribution in [-0.4, -0.2) is 45.7 Å². The van der Waals surface area contributed by atoms with E-state index >= 15 is 4.39 Å². The van der Waals surface area contributed by atoms with Gasteiger partial charge in [-0.3, -0.25) is 4.99 Å². The molecular weight excluding hydrogens is 578 g/mol. The van der Waals surface area contributed by atoms with Crippen LogP contribution >= 0.6 is 22.6 Å². The molecule has 1 aromatic carbocycles. The zero-order chi connectivity index (χ0) is 24.9. The Morgan fingerprint density at radius 1 is 1.08 bits per heavy atom. The molecule has 0 bridgehead atoms. The summed E-state index contributed by atoms with van der Waals surface area (Å²) in [5, 5.41) is 3.17. The summed E-state index contributed by atoms with van der Waals surface area (Å²) >= 11 is 2.32. The summed E-state index contributed by atoms with van der Waals surface area (Å²) in [6.45, 7) is 4.37. The summed E-state index contributed by atoms with van der Waals surface area (Å²) in [6.07, 6.45) is 10.1. The Kier molecular flexibility index (Phi) is 7.33. The molecule has 8 heteroatoms. The Labute approximate surface area is 232 Å². The number of rotatable bonds is 4. The molecule has 0 radical (unpaired) electrons. The molecule has 6 rings (SSSR count). The molecule has 1 aliphatic carbocycles. The predicted octanol–water partition coefficient (Wildman–Crippen LogP) is 7.39. The number of aromatic nitrogens is 3. The maximum Gasteiger partial charge on any atom is 0.229 e. The van der Waals surface area contributed by atoms with E-state index in [0.29, 0.717) is 23.4 Å². The Hall–Kier alpha value is -2.46. The summed E-state index contributed by atoms with van der Waals surface area (Å²) in [4.78, 5) is 20.7. The quantitative estimate of drug-likeness (QED) is 0.312. The zero-order valence-corrected chi connectivity index (χ0v) is 22.8. The normalized spacial score (nSPS) is 19.0. The van der Waals surface area contributed by atoms with E-state index < -0.39 is 5.82 Å². The van der Waals surface area contributed by atoms with E-state index in [0.717, 1.165) is 53.6 Å². The summed E-state index contributed by atoms with van der Waals surface area (Å²) in [5.74, 6) is 1.11. The van der Waals surface area contributed by atoms with Crippen LogP contribution in [0, 0.1) is 9.39 Å². The predicted molar refractivity (Wildman–Crippen MR) is 157 cm³/mol. The van der Waals surface area contributed by atoms with Gasteiger partial charge >= 0.3 is 0 Å². The second kappa shape index (κ2) is 10.4.